The molecule has 0 bridgehead atoms. The monoisotopic (exact) mass is 446 g/mol. The van der Waals surface area contributed by atoms with Gasteiger partial charge in [0, 0.05) is 21.8 Å². The summed E-state index contributed by atoms with van der Waals surface area (Å²) in [5.41, 5.74) is 3.38. The van der Waals surface area contributed by atoms with Crippen LogP contribution in [0.3, 0.4) is 0 Å². The summed E-state index contributed by atoms with van der Waals surface area (Å²) >= 11 is 3.39. The Morgan fingerprint density at radius 2 is 1.42 bits per heavy atom. The van der Waals surface area contributed by atoms with Crippen LogP contribution in [0.2, 0.25) is 0 Å². The molecule has 0 atom stereocenters. The van der Waals surface area contributed by atoms with Gasteiger partial charge >= 0.3 is 0 Å². The van der Waals surface area contributed by atoms with E-state index in [2.05, 4.69) is 24.3 Å². The number of carbonyl (C=O) groups is 1. The minimum absolute atomic E-state index is 0.0335. The summed E-state index contributed by atoms with van der Waals surface area (Å²) in [6.45, 7) is 0.241. The Morgan fingerprint density at radius 1 is 0.806 bits per heavy atom. The Hall–Kier alpha value is -2.89. The molecule has 1 aliphatic rings. The first kappa shape index (κ1) is 21.3. The van der Waals surface area contributed by atoms with E-state index >= 15 is 0 Å². The van der Waals surface area contributed by atoms with Gasteiger partial charge in [0.1, 0.15) is 0 Å². The first-order chi connectivity index (χ1) is 15.3. The normalized spacial score (nSPS) is 12.1. The fraction of sp³-hybridized carbons (Fsp3) is 0.115. The second kappa shape index (κ2) is 10.9. The van der Waals surface area contributed by atoms with Crippen LogP contribution in [0.5, 0.6) is 11.5 Å². The molecule has 31 heavy (non-hydrogen) atoms. The number of rotatable bonds is 9. The molecule has 0 radical (unpaired) electrons. The van der Waals surface area contributed by atoms with E-state index in [1.807, 2.05) is 60.7 Å². The van der Waals surface area contributed by atoms with E-state index in [1.54, 1.807) is 35.7 Å². The van der Waals surface area contributed by atoms with Crippen molar-refractivity contribution in [1.29, 1.82) is 0 Å². The van der Waals surface area contributed by atoms with Gasteiger partial charge in [-0.25, -0.2) is 0 Å². The summed E-state index contributed by atoms with van der Waals surface area (Å²) < 4.78 is 11.7. The lowest BCUT2D eigenvalue weighted by Gasteiger charge is -2.07. The van der Waals surface area contributed by atoms with Crippen molar-refractivity contribution >= 4 is 35.4 Å². The maximum atomic E-state index is 12.6. The molecule has 0 N–H and O–H groups in total. The number of hydrogen-bond donors (Lipinski definition) is 0. The van der Waals surface area contributed by atoms with Crippen molar-refractivity contribution in [2.45, 2.75) is 11.5 Å². The lowest BCUT2D eigenvalue weighted by molar-refractivity contribution is -0.110. The zero-order chi connectivity index (χ0) is 21.3. The van der Waals surface area contributed by atoms with E-state index < -0.39 is 0 Å². The standard InChI is InChI=1S/C26H22O3S2/c27-23(13-11-20-12-14-24-25(15-20)29-19-28-24)16-26(30-17-21-7-3-1-4-8-21)31-18-22-9-5-2-6-10-22/h1-16H,17-19H2/b13-11+. The van der Waals surface area contributed by atoms with Gasteiger partial charge in [0.25, 0.3) is 0 Å². The summed E-state index contributed by atoms with van der Waals surface area (Å²) in [4.78, 5) is 12.6. The van der Waals surface area contributed by atoms with Gasteiger partial charge in [0.15, 0.2) is 17.3 Å². The van der Waals surface area contributed by atoms with Gasteiger partial charge in [-0.3, -0.25) is 4.79 Å². The summed E-state index contributed by atoms with van der Waals surface area (Å²) in [6.07, 6.45) is 5.14. The van der Waals surface area contributed by atoms with Crippen LogP contribution >= 0.6 is 23.5 Å². The van der Waals surface area contributed by atoms with E-state index in [9.17, 15) is 4.79 Å². The lowest BCUT2D eigenvalue weighted by atomic mass is 10.1. The van der Waals surface area contributed by atoms with E-state index in [0.717, 1.165) is 27.1 Å². The van der Waals surface area contributed by atoms with Crippen molar-refractivity contribution in [1.82, 2.24) is 0 Å². The summed E-state index contributed by atoms with van der Waals surface area (Å²) in [6, 6.07) is 26.2. The highest BCUT2D eigenvalue weighted by Gasteiger charge is 2.12. The van der Waals surface area contributed by atoms with E-state index in [-0.39, 0.29) is 12.6 Å². The number of allylic oxidation sites excluding steroid dienone is 2. The molecule has 1 heterocycles. The quantitative estimate of drug-likeness (QED) is 0.342. The first-order valence-electron chi connectivity index (χ1n) is 9.93. The second-order valence-corrected chi connectivity index (χ2v) is 9.15. The molecular formula is C26H22O3S2. The average molecular weight is 447 g/mol. The van der Waals surface area contributed by atoms with Crippen LogP contribution in [0.1, 0.15) is 16.7 Å². The Kier molecular flexibility index (Phi) is 7.53. The van der Waals surface area contributed by atoms with Gasteiger partial charge in [0.2, 0.25) is 6.79 Å². The molecule has 3 aromatic rings. The van der Waals surface area contributed by atoms with Gasteiger partial charge in [-0.2, -0.15) is 0 Å². The van der Waals surface area contributed by atoms with Crippen LogP contribution in [-0.2, 0) is 16.3 Å². The van der Waals surface area contributed by atoms with Crippen molar-refractivity contribution in [2.75, 3.05) is 6.79 Å². The summed E-state index contributed by atoms with van der Waals surface area (Å²) in [5, 5.41) is 0. The van der Waals surface area contributed by atoms with Crippen molar-refractivity contribution in [3.05, 3.63) is 112 Å². The third-order valence-electron chi connectivity index (χ3n) is 4.54. The number of thioether (sulfide) groups is 2. The number of carbonyl (C=O) groups excluding carboxylic acids is 1. The van der Waals surface area contributed by atoms with E-state index in [4.69, 9.17) is 9.47 Å². The molecule has 0 spiro atoms. The smallest absolute Gasteiger partial charge is 0.231 e. The number of benzene rings is 3. The minimum Gasteiger partial charge on any atom is -0.454 e. The van der Waals surface area contributed by atoms with Crippen LogP contribution in [0.15, 0.2) is 95.3 Å². The van der Waals surface area contributed by atoms with Crippen LogP contribution < -0.4 is 9.47 Å². The Balaban J connectivity index is 1.43. The highest BCUT2D eigenvalue weighted by molar-refractivity contribution is 8.21. The van der Waals surface area contributed by atoms with Crippen molar-refractivity contribution in [3.63, 3.8) is 0 Å². The molecule has 0 saturated heterocycles. The Bertz CT molecular complexity index is 1030. The van der Waals surface area contributed by atoms with Crippen LogP contribution in [0, 0.1) is 0 Å². The summed E-state index contributed by atoms with van der Waals surface area (Å²) in [5.74, 6) is 3.07. The molecule has 5 heteroatoms. The Labute approximate surface area is 191 Å². The van der Waals surface area contributed by atoms with Crippen molar-refractivity contribution in [3.8, 4) is 11.5 Å². The summed E-state index contributed by atoms with van der Waals surface area (Å²) in [7, 11) is 0. The molecule has 1 aliphatic heterocycles. The number of ether oxygens (including phenoxy) is 2. The van der Waals surface area contributed by atoms with E-state index in [0.29, 0.717) is 5.75 Å². The predicted octanol–water partition coefficient (Wildman–Crippen LogP) is 6.71. The van der Waals surface area contributed by atoms with Gasteiger partial charge < -0.3 is 9.47 Å². The fourth-order valence-corrected chi connectivity index (χ4v) is 5.03. The third kappa shape index (κ3) is 6.54. The minimum atomic E-state index is -0.0335. The third-order valence-corrected chi connectivity index (χ3v) is 7.01. The number of ketones is 1. The molecule has 3 nitrogen and oxygen atoms in total. The lowest BCUT2D eigenvalue weighted by Crippen LogP contribution is -1.92. The van der Waals surface area contributed by atoms with Crippen LogP contribution in [-0.4, -0.2) is 12.6 Å². The average Bonchev–Trinajstić information content (AvgIpc) is 3.29. The largest absolute Gasteiger partial charge is 0.454 e. The number of fused-ring (bicyclic) bond motifs is 1. The zero-order valence-corrected chi connectivity index (χ0v) is 18.5. The number of hydrogen-bond acceptors (Lipinski definition) is 5. The fourth-order valence-electron chi connectivity index (χ4n) is 2.94. The molecule has 0 saturated carbocycles. The van der Waals surface area contributed by atoms with Crippen molar-refractivity contribution in [2.24, 2.45) is 0 Å². The van der Waals surface area contributed by atoms with Crippen LogP contribution in [0.25, 0.3) is 6.08 Å². The van der Waals surface area contributed by atoms with Crippen molar-refractivity contribution < 1.29 is 14.3 Å². The molecule has 0 aliphatic carbocycles. The molecule has 0 fully saturated rings. The molecular weight excluding hydrogens is 424 g/mol. The van der Waals surface area contributed by atoms with Gasteiger partial charge in [-0.05, 0) is 34.9 Å². The van der Waals surface area contributed by atoms with Gasteiger partial charge in [-0.15, -0.1) is 23.5 Å². The highest BCUT2D eigenvalue weighted by Crippen LogP contribution is 2.34. The molecule has 0 aromatic heterocycles. The first-order valence-corrected chi connectivity index (χ1v) is 11.9. The van der Waals surface area contributed by atoms with Crippen LogP contribution in [0.4, 0.5) is 0 Å². The molecule has 156 valence electrons. The highest BCUT2D eigenvalue weighted by atomic mass is 32.2. The molecule has 0 amide bonds. The predicted molar refractivity (Wildman–Crippen MR) is 130 cm³/mol. The van der Waals surface area contributed by atoms with Gasteiger partial charge in [-0.1, -0.05) is 72.8 Å². The molecule has 3 aromatic carbocycles. The maximum absolute atomic E-state index is 12.6. The zero-order valence-electron chi connectivity index (χ0n) is 16.9. The van der Waals surface area contributed by atoms with Gasteiger partial charge in [0.05, 0.1) is 0 Å². The Morgan fingerprint density at radius 3 is 2.06 bits per heavy atom. The maximum Gasteiger partial charge on any atom is 0.231 e. The topological polar surface area (TPSA) is 35.5 Å². The molecule has 0 unspecified atom stereocenters. The van der Waals surface area contributed by atoms with E-state index in [1.165, 1.54) is 11.1 Å². The SMILES string of the molecule is O=C(C=C(SCc1ccccc1)SCc1ccccc1)/C=C/c1ccc2c(c1)OCO2. The molecule has 4 rings (SSSR count). The second-order valence-electron chi connectivity index (χ2n) is 6.86.